The van der Waals surface area contributed by atoms with Gasteiger partial charge in [0.05, 0.1) is 0 Å². The lowest BCUT2D eigenvalue weighted by Crippen LogP contribution is -2.48. The Labute approximate surface area is 122 Å². The molecule has 1 fully saturated rings. The fraction of sp³-hybridized carbons (Fsp3) is 0.867. The standard InChI is InChI=1S/C15H29N3O2/c1-5-13(18-9-6-7-14(18)19)15(20)17(4)10-8-12(16)11(2)3/h11-13H,5-10,16H2,1-4H3. The van der Waals surface area contributed by atoms with Crippen LogP contribution < -0.4 is 5.73 Å². The van der Waals surface area contributed by atoms with Crippen molar-refractivity contribution in [3.63, 3.8) is 0 Å². The Bertz CT molecular complexity index is 344. The summed E-state index contributed by atoms with van der Waals surface area (Å²) < 4.78 is 0. The van der Waals surface area contributed by atoms with Gasteiger partial charge in [-0.3, -0.25) is 9.59 Å². The molecule has 2 atom stereocenters. The number of amides is 2. The Hall–Kier alpha value is -1.10. The summed E-state index contributed by atoms with van der Waals surface area (Å²) in [6.07, 6.45) is 2.91. The quantitative estimate of drug-likeness (QED) is 0.764. The average molecular weight is 283 g/mol. The Morgan fingerprint density at radius 2 is 2.10 bits per heavy atom. The molecule has 0 aromatic carbocycles. The molecular weight excluding hydrogens is 254 g/mol. The maximum atomic E-state index is 12.5. The summed E-state index contributed by atoms with van der Waals surface area (Å²) in [7, 11) is 1.80. The molecule has 1 aliphatic rings. The smallest absolute Gasteiger partial charge is 0.245 e. The summed E-state index contributed by atoms with van der Waals surface area (Å²) in [5.41, 5.74) is 6.02. The minimum Gasteiger partial charge on any atom is -0.344 e. The summed E-state index contributed by atoms with van der Waals surface area (Å²) >= 11 is 0. The number of hydrogen-bond donors (Lipinski definition) is 1. The van der Waals surface area contributed by atoms with Gasteiger partial charge in [-0.2, -0.15) is 0 Å². The predicted octanol–water partition coefficient (Wildman–Crippen LogP) is 1.22. The van der Waals surface area contributed by atoms with Gasteiger partial charge in [0.25, 0.3) is 0 Å². The molecule has 0 spiro atoms. The van der Waals surface area contributed by atoms with Crippen LogP contribution in [-0.4, -0.2) is 53.8 Å². The van der Waals surface area contributed by atoms with E-state index in [2.05, 4.69) is 13.8 Å². The molecule has 0 saturated carbocycles. The van der Waals surface area contributed by atoms with Gasteiger partial charge in [-0.05, 0) is 25.2 Å². The van der Waals surface area contributed by atoms with Gasteiger partial charge in [0.2, 0.25) is 11.8 Å². The minimum absolute atomic E-state index is 0.0405. The van der Waals surface area contributed by atoms with Gasteiger partial charge >= 0.3 is 0 Å². The van der Waals surface area contributed by atoms with Gasteiger partial charge in [-0.1, -0.05) is 20.8 Å². The molecule has 1 heterocycles. The summed E-state index contributed by atoms with van der Waals surface area (Å²) in [4.78, 5) is 27.7. The fourth-order valence-electron chi connectivity index (χ4n) is 2.57. The van der Waals surface area contributed by atoms with Gasteiger partial charge in [-0.15, -0.1) is 0 Å². The van der Waals surface area contributed by atoms with E-state index in [1.54, 1.807) is 16.8 Å². The Kier molecular flexibility index (Phi) is 6.46. The second kappa shape index (κ2) is 7.62. The van der Waals surface area contributed by atoms with Crippen LogP contribution in [0, 0.1) is 5.92 Å². The minimum atomic E-state index is -0.301. The average Bonchev–Trinajstić information content (AvgIpc) is 2.82. The molecule has 0 aromatic rings. The van der Waals surface area contributed by atoms with Crippen LogP contribution in [0.5, 0.6) is 0 Å². The zero-order valence-corrected chi connectivity index (χ0v) is 13.3. The number of carbonyl (C=O) groups is 2. The van der Waals surface area contributed by atoms with Gasteiger partial charge in [0, 0.05) is 32.6 Å². The van der Waals surface area contributed by atoms with E-state index in [9.17, 15) is 9.59 Å². The molecule has 5 nitrogen and oxygen atoms in total. The van der Waals surface area contributed by atoms with Gasteiger partial charge < -0.3 is 15.5 Å². The molecular formula is C15H29N3O2. The second-order valence-electron chi connectivity index (χ2n) is 6.07. The molecule has 1 saturated heterocycles. The molecule has 20 heavy (non-hydrogen) atoms. The highest BCUT2D eigenvalue weighted by atomic mass is 16.2. The Balaban J connectivity index is 2.55. The molecule has 2 unspecified atom stereocenters. The maximum Gasteiger partial charge on any atom is 0.245 e. The Morgan fingerprint density at radius 1 is 1.45 bits per heavy atom. The molecule has 2 N–H and O–H groups in total. The molecule has 0 aliphatic carbocycles. The van der Waals surface area contributed by atoms with Crippen LogP contribution in [0.15, 0.2) is 0 Å². The number of nitrogens with zero attached hydrogens (tertiary/aromatic N) is 2. The highest BCUT2D eigenvalue weighted by Gasteiger charge is 2.33. The van der Waals surface area contributed by atoms with Crippen molar-refractivity contribution in [3.05, 3.63) is 0 Å². The van der Waals surface area contributed by atoms with Crippen LogP contribution in [0.3, 0.4) is 0 Å². The molecule has 0 radical (unpaired) electrons. The highest BCUT2D eigenvalue weighted by molar-refractivity contribution is 5.88. The SMILES string of the molecule is CCC(C(=O)N(C)CCC(N)C(C)C)N1CCCC1=O. The first-order chi connectivity index (χ1) is 9.38. The summed E-state index contributed by atoms with van der Waals surface area (Å²) in [5, 5.41) is 0. The molecule has 0 bridgehead atoms. The Morgan fingerprint density at radius 3 is 2.55 bits per heavy atom. The zero-order valence-electron chi connectivity index (χ0n) is 13.3. The number of nitrogens with two attached hydrogens (primary N) is 1. The van der Waals surface area contributed by atoms with E-state index in [1.807, 2.05) is 6.92 Å². The molecule has 0 aromatic heterocycles. The first kappa shape index (κ1) is 17.0. The van der Waals surface area contributed by atoms with Crippen LogP contribution in [0.25, 0.3) is 0 Å². The second-order valence-corrected chi connectivity index (χ2v) is 6.07. The van der Waals surface area contributed by atoms with Crippen LogP contribution >= 0.6 is 0 Å². The molecule has 1 aliphatic heterocycles. The summed E-state index contributed by atoms with van der Waals surface area (Å²) in [6.45, 7) is 7.50. The number of likely N-dealkylation sites (N-methyl/N-ethyl adjacent to an activating group) is 1. The largest absolute Gasteiger partial charge is 0.344 e. The molecule has 116 valence electrons. The van der Waals surface area contributed by atoms with Crippen molar-refractivity contribution in [3.8, 4) is 0 Å². The maximum absolute atomic E-state index is 12.5. The van der Waals surface area contributed by atoms with E-state index >= 15 is 0 Å². The topological polar surface area (TPSA) is 66.6 Å². The highest BCUT2D eigenvalue weighted by Crippen LogP contribution is 2.17. The monoisotopic (exact) mass is 283 g/mol. The van der Waals surface area contributed by atoms with E-state index < -0.39 is 0 Å². The molecule has 1 rings (SSSR count). The van der Waals surface area contributed by atoms with Crippen LogP contribution in [-0.2, 0) is 9.59 Å². The van der Waals surface area contributed by atoms with E-state index in [0.29, 0.717) is 31.8 Å². The van der Waals surface area contributed by atoms with Crippen molar-refractivity contribution >= 4 is 11.8 Å². The van der Waals surface area contributed by atoms with Crippen molar-refractivity contribution in [1.29, 1.82) is 0 Å². The third-order valence-corrected chi connectivity index (χ3v) is 4.19. The van der Waals surface area contributed by atoms with E-state index in [4.69, 9.17) is 5.73 Å². The third-order valence-electron chi connectivity index (χ3n) is 4.19. The molecule has 5 heteroatoms. The van der Waals surface area contributed by atoms with Crippen LogP contribution in [0.1, 0.15) is 46.5 Å². The first-order valence-electron chi connectivity index (χ1n) is 7.68. The van der Waals surface area contributed by atoms with Crippen molar-refractivity contribution in [2.24, 2.45) is 11.7 Å². The lowest BCUT2D eigenvalue weighted by molar-refractivity contribution is -0.142. The number of carbonyl (C=O) groups excluding carboxylic acids is 2. The first-order valence-corrected chi connectivity index (χ1v) is 7.68. The zero-order chi connectivity index (χ0) is 15.3. The van der Waals surface area contributed by atoms with E-state index in [0.717, 1.165) is 12.8 Å². The van der Waals surface area contributed by atoms with E-state index in [-0.39, 0.29) is 23.9 Å². The third kappa shape index (κ3) is 4.20. The number of likely N-dealkylation sites (tertiary alicyclic amines) is 1. The van der Waals surface area contributed by atoms with Crippen LogP contribution in [0.2, 0.25) is 0 Å². The predicted molar refractivity (Wildman–Crippen MR) is 80.1 cm³/mol. The molecule has 2 amide bonds. The fourth-order valence-corrected chi connectivity index (χ4v) is 2.57. The van der Waals surface area contributed by atoms with Crippen molar-refractivity contribution in [2.75, 3.05) is 20.1 Å². The lowest BCUT2D eigenvalue weighted by Gasteiger charge is -2.30. The van der Waals surface area contributed by atoms with Crippen molar-refractivity contribution in [1.82, 2.24) is 9.80 Å². The van der Waals surface area contributed by atoms with E-state index in [1.165, 1.54) is 0 Å². The van der Waals surface area contributed by atoms with Gasteiger partial charge in [-0.25, -0.2) is 0 Å². The van der Waals surface area contributed by atoms with Crippen molar-refractivity contribution in [2.45, 2.75) is 58.5 Å². The van der Waals surface area contributed by atoms with Gasteiger partial charge in [0.1, 0.15) is 6.04 Å². The van der Waals surface area contributed by atoms with Gasteiger partial charge in [0.15, 0.2) is 0 Å². The summed E-state index contributed by atoms with van der Waals surface area (Å²) in [6, 6.07) is -0.191. The number of rotatable bonds is 7. The normalized spacial score (nSPS) is 18.5. The number of hydrogen-bond acceptors (Lipinski definition) is 3. The van der Waals surface area contributed by atoms with Crippen molar-refractivity contribution < 1.29 is 9.59 Å². The summed E-state index contributed by atoms with van der Waals surface area (Å²) in [5.74, 6) is 0.567. The van der Waals surface area contributed by atoms with Crippen LogP contribution in [0.4, 0.5) is 0 Å². The lowest BCUT2D eigenvalue weighted by atomic mass is 10.0.